The lowest BCUT2D eigenvalue weighted by atomic mass is 9.91. The Hall–Kier alpha value is -6.08. The van der Waals surface area contributed by atoms with E-state index in [9.17, 15) is 19.6 Å². The standard InChI is InChI=1S/C43H43F6N7O7S2/c1-19(20-13-12-14-51-33(20)56(38(58)62-41(5,6)7)39(59)63-42(8,9)10)55-15-16-60-31-26-30(52-36(64-11)53-34(26)55)29(46)25(27(31)43(47,48)49)21-17-23(44)28(45)32-24(21)22(18-50)35(65-32)54-37(57)61-40(2,3)4/h12-14,17,19H,15-16H2,1-11H3,(H,54,57)/t19-/m1/s1. The number of nitrogens with zero attached hydrogens (tertiary/aromatic N) is 6. The number of nitrogens with one attached hydrogen (secondary N) is 1. The average Bonchev–Trinajstić information content (AvgIpc) is 3.42. The summed E-state index contributed by atoms with van der Waals surface area (Å²) in [5.41, 5.74) is -8.36. The fourth-order valence-corrected chi connectivity index (χ4v) is 8.36. The van der Waals surface area contributed by atoms with Crippen molar-refractivity contribution in [2.45, 2.75) is 103 Å². The van der Waals surface area contributed by atoms with Crippen LogP contribution in [0.4, 0.5) is 57.4 Å². The van der Waals surface area contributed by atoms with Crippen molar-refractivity contribution in [3.63, 3.8) is 0 Å². The molecule has 0 saturated carbocycles. The second-order valence-electron chi connectivity index (χ2n) is 17.5. The maximum absolute atomic E-state index is 17.6. The minimum atomic E-state index is -5.48. The molecule has 0 saturated heterocycles. The Morgan fingerprint density at radius 3 is 2.12 bits per heavy atom. The molecule has 1 atom stereocenters. The summed E-state index contributed by atoms with van der Waals surface area (Å²) in [5.74, 6) is -6.39. The summed E-state index contributed by atoms with van der Waals surface area (Å²) in [6.07, 6.45) is -6.06. The molecule has 0 bridgehead atoms. The molecule has 0 radical (unpaired) electrons. The van der Waals surface area contributed by atoms with Crippen molar-refractivity contribution in [2.75, 3.05) is 34.5 Å². The van der Waals surface area contributed by atoms with E-state index in [1.54, 1.807) is 54.5 Å². The van der Waals surface area contributed by atoms with E-state index in [1.165, 1.54) is 50.3 Å². The Kier molecular flexibility index (Phi) is 12.9. The number of aromatic nitrogens is 3. The molecule has 22 heteroatoms. The van der Waals surface area contributed by atoms with Gasteiger partial charge >= 0.3 is 24.5 Å². The highest BCUT2D eigenvalue weighted by atomic mass is 32.2. The van der Waals surface area contributed by atoms with Crippen LogP contribution in [0.15, 0.2) is 29.6 Å². The number of halogens is 6. The monoisotopic (exact) mass is 947 g/mol. The highest BCUT2D eigenvalue weighted by Gasteiger charge is 2.45. The topological polar surface area (TPSA) is 169 Å². The molecule has 1 aliphatic heterocycles. The molecule has 2 aromatic carbocycles. The van der Waals surface area contributed by atoms with E-state index in [2.05, 4.69) is 20.3 Å². The van der Waals surface area contributed by atoms with Crippen molar-refractivity contribution >= 4 is 79.0 Å². The van der Waals surface area contributed by atoms with Gasteiger partial charge in [0.1, 0.15) is 57.1 Å². The number of thiophene rings is 1. The van der Waals surface area contributed by atoms with Crippen LogP contribution in [0.5, 0.6) is 5.75 Å². The molecule has 0 unspecified atom stereocenters. The maximum Gasteiger partial charge on any atom is 0.425 e. The summed E-state index contributed by atoms with van der Waals surface area (Å²) in [6.45, 7) is 14.9. The van der Waals surface area contributed by atoms with E-state index < -0.39 is 125 Å². The predicted octanol–water partition coefficient (Wildman–Crippen LogP) is 11.9. The number of hydrogen-bond acceptors (Lipinski definition) is 14. The number of thioether (sulfide) groups is 1. The number of carbonyl (C=O) groups excluding carboxylic acids is 3. The maximum atomic E-state index is 17.6. The molecular weight excluding hydrogens is 905 g/mol. The molecule has 0 spiro atoms. The smallest absolute Gasteiger partial charge is 0.425 e. The minimum Gasteiger partial charge on any atom is -0.490 e. The molecule has 0 fully saturated rings. The molecule has 1 aliphatic rings. The van der Waals surface area contributed by atoms with Gasteiger partial charge in [0.2, 0.25) is 0 Å². The fraction of sp³-hybridized carbons (Fsp3) is 0.419. The van der Waals surface area contributed by atoms with E-state index in [1.807, 2.05) is 0 Å². The van der Waals surface area contributed by atoms with E-state index in [-0.39, 0.29) is 28.9 Å². The summed E-state index contributed by atoms with van der Waals surface area (Å²) in [7, 11) is 0. The fourth-order valence-electron chi connectivity index (χ4n) is 6.91. The molecule has 65 heavy (non-hydrogen) atoms. The van der Waals surface area contributed by atoms with Gasteiger partial charge in [-0.15, -0.1) is 11.3 Å². The summed E-state index contributed by atoms with van der Waals surface area (Å²) in [5, 5.41) is 10.9. The SMILES string of the molecule is CSc1nc2c3c(c(C(F)(F)F)c(-c4cc(F)c(F)c5sc(NC(=O)OC(C)(C)C)c(C#N)c45)c(F)c3n1)OCCN2[C@H](C)c1cccnc1N(C(=O)OC(C)(C)C)C(=O)OC(C)(C)C. The van der Waals surface area contributed by atoms with Crippen LogP contribution in [-0.4, -0.2) is 69.4 Å². The summed E-state index contributed by atoms with van der Waals surface area (Å²) < 4.78 is 118. The van der Waals surface area contributed by atoms with Crippen LogP contribution in [0.3, 0.4) is 0 Å². The molecule has 5 aromatic rings. The molecule has 1 N–H and O–H groups in total. The van der Waals surface area contributed by atoms with Gasteiger partial charge in [-0.05, 0) is 93.2 Å². The van der Waals surface area contributed by atoms with E-state index in [4.69, 9.17) is 18.9 Å². The Morgan fingerprint density at radius 2 is 1.57 bits per heavy atom. The largest absolute Gasteiger partial charge is 0.490 e. The lowest BCUT2D eigenvalue weighted by Crippen LogP contribution is -2.45. The third kappa shape index (κ3) is 9.80. The summed E-state index contributed by atoms with van der Waals surface area (Å²) in [4.78, 5) is 55.5. The number of ether oxygens (including phenoxy) is 4. The number of nitriles is 1. The second kappa shape index (κ2) is 17.4. The third-order valence-electron chi connectivity index (χ3n) is 9.27. The van der Waals surface area contributed by atoms with Crippen LogP contribution >= 0.6 is 23.1 Å². The predicted molar refractivity (Wildman–Crippen MR) is 232 cm³/mol. The zero-order valence-electron chi connectivity index (χ0n) is 36.9. The lowest BCUT2D eigenvalue weighted by molar-refractivity contribution is -0.138. The van der Waals surface area contributed by atoms with Crippen molar-refractivity contribution in [3.8, 4) is 22.9 Å². The van der Waals surface area contributed by atoms with Crippen LogP contribution in [0.2, 0.25) is 0 Å². The first-order valence-electron chi connectivity index (χ1n) is 19.7. The lowest BCUT2D eigenvalue weighted by Gasteiger charge is -2.33. The van der Waals surface area contributed by atoms with Crippen molar-refractivity contribution in [3.05, 3.63) is 58.5 Å². The number of fused-ring (bicyclic) bond motifs is 1. The Bertz CT molecular complexity index is 2770. The van der Waals surface area contributed by atoms with Gasteiger partial charge in [-0.25, -0.2) is 42.5 Å². The third-order valence-corrected chi connectivity index (χ3v) is 10.9. The number of amides is 3. The van der Waals surface area contributed by atoms with E-state index in [0.29, 0.717) is 22.3 Å². The highest BCUT2D eigenvalue weighted by Crippen LogP contribution is 2.54. The quantitative estimate of drug-likeness (QED) is 0.0739. The first kappa shape index (κ1) is 48.4. The number of carbonyl (C=O) groups is 3. The van der Waals surface area contributed by atoms with Gasteiger partial charge in [0.25, 0.3) is 0 Å². The number of imide groups is 1. The first-order chi connectivity index (χ1) is 30.1. The zero-order valence-corrected chi connectivity index (χ0v) is 38.6. The van der Waals surface area contributed by atoms with Crippen LogP contribution < -0.4 is 19.9 Å². The Morgan fingerprint density at radius 1 is 0.954 bits per heavy atom. The number of hydrogen-bond donors (Lipinski definition) is 1. The van der Waals surface area contributed by atoms with Gasteiger partial charge in [-0.1, -0.05) is 17.8 Å². The second-order valence-corrected chi connectivity index (χ2v) is 19.3. The molecular formula is C43H43F6N7O7S2. The minimum absolute atomic E-state index is 0.134. The van der Waals surface area contributed by atoms with Crippen molar-refractivity contribution in [2.24, 2.45) is 0 Å². The van der Waals surface area contributed by atoms with Gasteiger partial charge < -0.3 is 23.8 Å². The van der Waals surface area contributed by atoms with Crippen LogP contribution in [0.1, 0.15) is 92.0 Å². The first-order valence-corrected chi connectivity index (χ1v) is 21.7. The van der Waals surface area contributed by atoms with Gasteiger partial charge in [0.15, 0.2) is 28.4 Å². The summed E-state index contributed by atoms with van der Waals surface area (Å²) in [6, 6.07) is 4.04. The molecule has 14 nitrogen and oxygen atoms in total. The number of benzene rings is 2. The molecule has 4 heterocycles. The van der Waals surface area contributed by atoms with Gasteiger partial charge in [-0.2, -0.15) is 23.3 Å². The summed E-state index contributed by atoms with van der Waals surface area (Å²) >= 11 is 1.24. The Balaban J connectivity index is 1.64. The number of alkyl halides is 3. The Labute approximate surface area is 377 Å². The van der Waals surface area contributed by atoms with Crippen LogP contribution in [0, 0.1) is 28.8 Å². The van der Waals surface area contributed by atoms with Crippen LogP contribution in [0.25, 0.3) is 32.1 Å². The molecule has 3 amide bonds. The van der Waals surface area contributed by atoms with E-state index in [0.717, 1.165) is 11.8 Å². The number of pyridine rings is 1. The van der Waals surface area contributed by atoms with E-state index >= 15 is 26.3 Å². The number of rotatable bonds is 6. The normalized spacial score (nSPS) is 13.8. The van der Waals surface area contributed by atoms with Crippen molar-refractivity contribution in [1.29, 1.82) is 5.26 Å². The van der Waals surface area contributed by atoms with Crippen molar-refractivity contribution < 1.29 is 59.7 Å². The van der Waals surface area contributed by atoms with Gasteiger partial charge in [0, 0.05) is 22.7 Å². The van der Waals surface area contributed by atoms with Gasteiger partial charge in [0.05, 0.1) is 28.2 Å². The average molecular weight is 948 g/mol. The zero-order chi connectivity index (χ0) is 48.3. The van der Waals surface area contributed by atoms with Crippen LogP contribution in [-0.2, 0) is 20.4 Å². The van der Waals surface area contributed by atoms with Gasteiger partial charge in [-0.3, -0.25) is 5.32 Å². The number of anilines is 3. The molecule has 0 aliphatic carbocycles. The molecule has 6 rings (SSSR count). The molecule has 3 aromatic heterocycles. The van der Waals surface area contributed by atoms with Crippen molar-refractivity contribution in [1.82, 2.24) is 15.0 Å². The highest BCUT2D eigenvalue weighted by molar-refractivity contribution is 7.98. The molecule has 346 valence electrons.